The normalized spacial score (nSPS) is 12.2. The molecule has 102 valence electrons. The van der Waals surface area contributed by atoms with Crippen LogP contribution in [0, 0.1) is 0 Å². The summed E-state index contributed by atoms with van der Waals surface area (Å²) in [4.78, 5) is 3.76. The Morgan fingerprint density at radius 2 is 1.65 bits per heavy atom. The highest BCUT2D eigenvalue weighted by atomic mass is 79.9. The first-order valence-corrected chi connectivity index (χ1v) is 6.80. The third kappa shape index (κ3) is 2.15. The molecule has 0 saturated heterocycles. The van der Waals surface area contributed by atoms with E-state index in [-0.39, 0.29) is 5.52 Å². The van der Waals surface area contributed by atoms with Crippen molar-refractivity contribution in [3.63, 3.8) is 0 Å². The van der Waals surface area contributed by atoms with Crippen LogP contribution in [-0.2, 0) is 6.18 Å². The number of hydrogen-bond acceptors (Lipinski definition) is 1. The second-order valence-corrected chi connectivity index (χ2v) is 5.55. The van der Waals surface area contributed by atoms with E-state index in [4.69, 9.17) is 11.6 Å². The molecule has 2 aromatic carbocycles. The second-order valence-electron chi connectivity index (χ2n) is 4.29. The molecule has 0 aliphatic rings. The average molecular weight is 361 g/mol. The Morgan fingerprint density at radius 1 is 1.00 bits per heavy atom. The van der Waals surface area contributed by atoms with Gasteiger partial charge in [0.1, 0.15) is 5.69 Å². The molecule has 0 N–H and O–H groups in total. The summed E-state index contributed by atoms with van der Waals surface area (Å²) in [7, 11) is 0. The number of aromatic nitrogens is 1. The molecule has 0 aliphatic heterocycles. The number of rotatable bonds is 0. The summed E-state index contributed by atoms with van der Waals surface area (Å²) in [5.74, 6) is 0. The van der Waals surface area contributed by atoms with Crippen molar-refractivity contribution in [3.05, 3.63) is 51.6 Å². The molecule has 0 saturated carbocycles. The predicted octanol–water partition coefficient (Wildman–Crippen LogP) is 5.82. The molecule has 0 spiro atoms. The van der Waals surface area contributed by atoms with Crippen LogP contribution in [0.5, 0.6) is 0 Å². The van der Waals surface area contributed by atoms with Gasteiger partial charge in [0, 0.05) is 25.7 Å². The predicted molar refractivity (Wildman–Crippen MR) is 77.0 cm³/mol. The van der Waals surface area contributed by atoms with Crippen LogP contribution < -0.4 is 0 Å². The van der Waals surface area contributed by atoms with E-state index in [1.807, 2.05) is 0 Å². The molecule has 0 atom stereocenters. The Balaban J connectivity index is 2.51. The summed E-state index contributed by atoms with van der Waals surface area (Å²) in [6.07, 6.45) is -4.49. The molecule has 3 aromatic rings. The minimum Gasteiger partial charge on any atom is -0.243 e. The van der Waals surface area contributed by atoms with E-state index in [2.05, 4.69) is 20.9 Å². The highest BCUT2D eigenvalue weighted by Gasteiger charge is 2.33. The molecule has 1 nitrogen and oxygen atoms in total. The smallest absolute Gasteiger partial charge is 0.243 e. The number of halogens is 5. The van der Waals surface area contributed by atoms with Crippen LogP contribution in [0.2, 0.25) is 5.02 Å². The summed E-state index contributed by atoms with van der Waals surface area (Å²) < 4.78 is 38.9. The first-order chi connectivity index (χ1) is 9.38. The van der Waals surface area contributed by atoms with Crippen LogP contribution in [0.4, 0.5) is 13.2 Å². The van der Waals surface area contributed by atoms with E-state index in [0.29, 0.717) is 25.7 Å². The van der Waals surface area contributed by atoms with E-state index in [9.17, 15) is 13.2 Å². The van der Waals surface area contributed by atoms with Crippen molar-refractivity contribution in [1.82, 2.24) is 4.98 Å². The summed E-state index contributed by atoms with van der Waals surface area (Å²) in [5, 5.41) is 2.32. The first-order valence-electron chi connectivity index (χ1n) is 5.62. The van der Waals surface area contributed by atoms with Crippen molar-refractivity contribution in [3.8, 4) is 0 Å². The Morgan fingerprint density at radius 3 is 2.30 bits per heavy atom. The summed E-state index contributed by atoms with van der Waals surface area (Å²) >= 11 is 9.33. The van der Waals surface area contributed by atoms with Crippen molar-refractivity contribution in [2.75, 3.05) is 0 Å². The van der Waals surface area contributed by atoms with Crippen molar-refractivity contribution in [2.24, 2.45) is 0 Å². The second kappa shape index (κ2) is 4.60. The maximum absolute atomic E-state index is 12.9. The van der Waals surface area contributed by atoms with Crippen LogP contribution in [0.3, 0.4) is 0 Å². The Bertz CT molecular complexity index is 830. The topological polar surface area (TPSA) is 12.9 Å². The van der Waals surface area contributed by atoms with Gasteiger partial charge in [0.25, 0.3) is 0 Å². The first kappa shape index (κ1) is 13.6. The zero-order valence-electron chi connectivity index (χ0n) is 9.80. The molecular weight excluding hydrogens is 355 g/mol. The fourth-order valence-corrected chi connectivity index (χ4v) is 2.91. The molecule has 20 heavy (non-hydrogen) atoms. The average Bonchev–Trinajstić information content (AvgIpc) is 2.39. The number of fused-ring (bicyclic) bond motifs is 3. The molecule has 0 amide bonds. The Labute approximate surface area is 125 Å². The van der Waals surface area contributed by atoms with E-state index in [0.717, 1.165) is 6.07 Å². The van der Waals surface area contributed by atoms with Crippen LogP contribution in [0.25, 0.3) is 21.7 Å². The van der Waals surface area contributed by atoms with Gasteiger partial charge >= 0.3 is 6.18 Å². The lowest BCUT2D eigenvalue weighted by Gasteiger charge is -2.11. The third-order valence-corrected chi connectivity index (χ3v) is 3.98. The molecule has 1 aromatic heterocycles. The van der Waals surface area contributed by atoms with E-state index >= 15 is 0 Å². The minimum absolute atomic E-state index is 0.284. The van der Waals surface area contributed by atoms with E-state index in [1.54, 1.807) is 30.3 Å². The van der Waals surface area contributed by atoms with Gasteiger partial charge in [-0.2, -0.15) is 13.2 Å². The van der Waals surface area contributed by atoms with Gasteiger partial charge in [-0.15, -0.1) is 0 Å². The highest BCUT2D eigenvalue weighted by Crippen LogP contribution is 2.37. The van der Waals surface area contributed by atoms with Gasteiger partial charge in [-0.25, -0.2) is 4.98 Å². The molecule has 0 radical (unpaired) electrons. The van der Waals surface area contributed by atoms with Crippen LogP contribution in [-0.4, -0.2) is 4.98 Å². The summed E-state index contributed by atoms with van der Waals surface area (Å²) in [6, 6.07) is 9.58. The number of benzene rings is 2. The lowest BCUT2D eigenvalue weighted by Crippen LogP contribution is -2.08. The highest BCUT2D eigenvalue weighted by molar-refractivity contribution is 9.10. The maximum atomic E-state index is 12.9. The Hall–Kier alpha value is -1.33. The van der Waals surface area contributed by atoms with E-state index < -0.39 is 11.9 Å². The largest absolute Gasteiger partial charge is 0.433 e. The lowest BCUT2D eigenvalue weighted by molar-refractivity contribution is -0.141. The molecule has 0 aliphatic carbocycles. The van der Waals surface area contributed by atoms with Gasteiger partial charge in [-0.1, -0.05) is 51.8 Å². The number of hydrogen-bond donors (Lipinski definition) is 0. The van der Waals surface area contributed by atoms with Crippen molar-refractivity contribution < 1.29 is 13.2 Å². The zero-order chi connectivity index (χ0) is 14.5. The van der Waals surface area contributed by atoms with Crippen LogP contribution in [0.1, 0.15) is 5.69 Å². The van der Waals surface area contributed by atoms with Gasteiger partial charge < -0.3 is 0 Å². The lowest BCUT2D eigenvalue weighted by atomic mass is 10.1. The summed E-state index contributed by atoms with van der Waals surface area (Å²) in [6.45, 7) is 0. The molecule has 0 fully saturated rings. The molecule has 0 unspecified atom stereocenters. The molecule has 3 rings (SSSR count). The zero-order valence-corrected chi connectivity index (χ0v) is 12.1. The number of alkyl halides is 3. The van der Waals surface area contributed by atoms with Crippen LogP contribution in [0.15, 0.2) is 40.9 Å². The van der Waals surface area contributed by atoms with Crippen molar-refractivity contribution in [1.29, 1.82) is 0 Å². The van der Waals surface area contributed by atoms with Gasteiger partial charge in [-0.3, -0.25) is 0 Å². The van der Waals surface area contributed by atoms with Gasteiger partial charge in [0.05, 0.1) is 5.52 Å². The van der Waals surface area contributed by atoms with E-state index in [1.165, 1.54) is 0 Å². The molecule has 6 heteroatoms. The number of pyridine rings is 1. The number of nitrogens with zero attached hydrogens (tertiary/aromatic N) is 1. The quantitative estimate of drug-likeness (QED) is 0.460. The maximum Gasteiger partial charge on any atom is 0.433 e. The molecule has 0 bridgehead atoms. The Kier molecular flexibility index (Phi) is 3.14. The summed E-state index contributed by atoms with van der Waals surface area (Å²) in [5.41, 5.74) is -0.643. The third-order valence-electron chi connectivity index (χ3n) is 3.01. The standard InChI is InChI=1S/C14H6BrClF3N/c15-10-6-12(14(17,18)19)20-13-8-4-2-1-3-7(8)11(16)5-9(10)13/h1-6H. The fraction of sp³-hybridized carbons (Fsp3) is 0.0714. The molecule has 1 heterocycles. The SMILES string of the molecule is FC(F)(F)c1cc(Br)c2cc(Cl)c3ccccc3c2n1. The minimum atomic E-state index is -4.49. The molecular formula is C14H6BrClF3N. The van der Waals surface area contributed by atoms with Gasteiger partial charge in [0.2, 0.25) is 0 Å². The van der Waals surface area contributed by atoms with Crippen molar-refractivity contribution >= 4 is 49.2 Å². The fourth-order valence-electron chi connectivity index (χ4n) is 2.11. The van der Waals surface area contributed by atoms with Crippen LogP contribution >= 0.6 is 27.5 Å². The monoisotopic (exact) mass is 359 g/mol. The van der Waals surface area contributed by atoms with Crippen molar-refractivity contribution in [2.45, 2.75) is 6.18 Å². The van der Waals surface area contributed by atoms with Gasteiger partial charge in [0.15, 0.2) is 0 Å². The van der Waals surface area contributed by atoms with Gasteiger partial charge in [-0.05, 0) is 12.1 Å².